The van der Waals surface area contributed by atoms with Crippen LogP contribution in [0.2, 0.25) is 0 Å². The second-order valence-electron chi connectivity index (χ2n) is 4.58. The lowest BCUT2D eigenvalue weighted by Crippen LogP contribution is -2.06. The van der Waals surface area contributed by atoms with Gasteiger partial charge in [0.1, 0.15) is 5.75 Å². The van der Waals surface area contributed by atoms with Crippen LogP contribution in [0.5, 0.6) is 5.75 Å². The molecule has 0 heterocycles. The first-order valence-electron chi connectivity index (χ1n) is 5.61. The molecule has 0 aliphatic heterocycles. The highest BCUT2D eigenvalue weighted by atomic mass is 16.5. The van der Waals surface area contributed by atoms with Crippen LogP contribution in [0.1, 0.15) is 37.5 Å². The second kappa shape index (κ2) is 4.23. The average molecular weight is 206 g/mol. The van der Waals surface area contributed by atoms with Crippen molar-refractivity contribution in [3.63, 3.8) is 0 Å². The lowest BCUT2D eigenvalue weighted by Gasteiger charge is -2.12. The van der Waals surface area contributed by atoms with Gasteiger partial charge in [-0.3, -0.25) is 0 Å². The highest BCUT2D eigenvalue weighted by molar-refractivity contribution is 5.44. The Labute approximate surface area is 90.9 Å². The number of rotatable bonds is 3. The molecule has 0 spiro atoms. The van der Waals surface area contributed by atoms with Gasteiger partial charge in [0.2, 0.25) is 0 Å². The first-order valence-corrected chi connectivity index (χ1v) is 5.61. The van der Waals surface area contributed by atoms with Crippen molar-refractivity contribution in [3.05, 3.63) is 29.3 Å². The van der Waals surface area contributed by atoms with Gasteiger partial charge in [0.05, 0.1) is 12.7 Å². The first kappa shape index (κ1) is 10.5. The first-order chi connectivity index (χ1) is 7.18. The van der Waals surface area contributed by atoms with Gasteiger partial charge in [-0.2, -0.15) is 0 Å². The molecule has 1 atom stereocenters. The predicted molar refractivity (Wildman–Crippen MR) is 60.1 cm³/mol. The molecule has 1 aromatic carbocycles. The Hall–Kier alpha value is -1.02. The van der Waals surface area contributed by atoms with E-state index in [-0.39, 0.29) is 6.10 Å². The molecule has 2 rings (SSSR count). The summed E-state index contributed by atoms with van der Waals surface area (Å²) in [4.78, 5) is 0. The van der Waals surface area contributed by atoms with Crippen LogP contribution in [0, 0.1) is 5.92 Å². The van der Waals surface area contributed by atoms with Crippen LogP contribution in [0.25, 0.3) is 0 Å². The zero-order valence-electron chi connectivity index (χ0n) is 9.36. The van der Waals surface area contributed by atoms with Gasteiger partial charge < -0.3 is 9.84 Å². The molecule has 15 heavy (non-hydrogen) atoms. The van der Waals surface area contributed by atoms with Crippen molar-refractivity contribution < 1.29 is 9.84 Å². The molecule has 1 aromatic rings. The van der Waals surface area contributed by atoms with Crippen molar-refractivity contribution >= 4 is 0 Å². The van der Waals surface area contributed by atoms with E-state index in [1.807, 2.05) is 18.2 Å². The summed E-state index contributed by atoms with van der Waals surface area (Å²) in [6.45, 7) is 5.02. The van der Waals surface area contributed by atoms with Gasteiger partial charge in [0, 0.05) is 5.56 Å². The number of hydrogen-bond acceptors (Lipinski definition) is 2. The highest BCUT2D eigenvalue weighted by Gasteiger charge is 2.23. The van der Waals surface area contributed by atoms with Crippen LogP contribution in [0.3, 0.4) is 0 Å². The molecule has 1 aliphatic rings. The van der Waals surface area contributed by atoms with E-state index in [0.29, 0.717) is 5.92 Å². The SMILES string of the molecule is CC(C)COc1cccc2c1CCC2O. The molecule has 1 N–H and O–H groups in total. The van der Waals surface area contributed by atoms with Crippen molar-refractivity contribution in [2.45, 2.75) is 32.8 Å². The summed E-state index contributed by atoms with van der Waals surface area (Å²) in [5.41, 5.74) is 2.25. The molecule has 0 saturated heterocycles. The van der Waals surface area contributed by atoms with Crippen molar-refractivity contribution in [1.82, 2.24) is 0 Å². The predicted octanol–water partition coefficient (Wildman–Crippen LogP) is 2.70. The van der Waals surface area contributed by atoms with E-state index in [2.05, 4.69) is 13.8 Å². The average Bonchev–Trinajstić information content (AvgIpc) is 2.58. The van der Waals surface area contributed by atoms with Crippen molar-refractivity contribution in [2.75, 3.05) is 6.61 Å². The highest BCUT2D eigenvalue weighted by Crippen LogP contribution is 2.36. The molecular formula is C13H18O2. The minimum absolute atomic E-state index is 0.289. The fourth-order valence-electron chi connectivity index (χ4n) is 1.99. The monoisotopic (exact) mass is 206 g/mol. The standard InChI is InChI=1S/C13H18O2/c1-9(2)8-15-13-5-3-4-10-11(13)6-7-12(10)14/h3-5,9,12,14H,6-8H2,1-2H3. The van der Waals surface area contributed by atoms with Crippen molar-refractivity contribution in [3.8, 4) is 5.75 Å². The van der Waals surface area contributed by atoms with Crippen LogP contribution >= 0.6 is 0 Å². The van der Waals surface area contributed by atoms with Crippen LogP contribution < -0.4 is 4.74 Å². The fraction of sp³-hybridized carbons (Fsp3) is 0.538. The number of aliphatic hydroxyl groups excluding tert-OH is 1. The van der Waals surface area contributed by atoms with Gasteiger partial charge in [0.25, 0.3) is 0 Å². The summed E-state index contributed by atoms with van der Waals surface area (Å²) in [6.07, 6.45) is 1.48. The molecule has 1 unspecified atom stereocenters. The molecule has 0 amide bonds. The van der Waals surface area contributed by atoms with Gasteiger partial charge in [-0.1, -0.05) is 26.0 Å². The third kappa shape index (κ3) is 2.15. The maximum absolute atomic E-state index is 9.73. The number of benzene rings is 1. The van der Waals surface area contributed by atoms with Crippen LogP contribution in [0.15, 0.2) is 18.2 Å². The summed E-state index contributed by atoms with van der Waals surface area (Å²) in [5.74, 6) is 1.49. The maximum atomic E-state index is 9.73. The maximum Gasteiger partial charge on any atom is 0.122 e. The van der Waals surface area contributed by atoms with Gasteiger partial charge in [-0.05, 0) is 30.4 Å². The molecule has 82 valence electrons. The van der Waals surface area contributed by atoms with Crippen LogP contribution in [-0.2, 0) is 6.42 Å². The Balaban J connectivity index is 2.19. The van der Waals surface area contributed by atoms with Crippen LogP contribution in [-0.4, -0.2) is 11.7 Å². The number of aliphatic hydroxyl groups is 1. The number of fused-ring (bicyclic) bond motifs is 1. The van der Waals surface area contributed by atoms with Gasteiger partial charge in [-0.15, -0.1) is 0 Å². The molecule has 2 nitrogen and oxygen atoms in total. The summed E-state index contributed by atoms with van der Waals surface area (Å²) in [7, 11) is 0. The summed E-state index contributed by atoms with van der Waals surface area (Å²) >= 11 is 0. The zero-order chi connectivity index (χ0) is 10.8. The zero-order valence-corrected chi connectivity index (χ0v) is 9.36. The number of hydrogen-bond donors (Lipinski definition) is 1. The van der Waals surface area contributed by atoms with Crippen molar-refractivity contribution in [1.29, 1.82) is 0 Å². The second-order valence-corrected chi connectivity index (χ2v) is 4.58. The Morgan fingerprint density at radius 3 is 3.00 bits per heavy atom. The van der Waals surface area contributed by atoms with E-state index < -0.39 is 0 Å². The van der Waals surface area contributed by atoms with Crippen molar-refractivity contribution in [2.24, 2.45) is 5.92 Å². The topological polar surface area (TPSA) is 29.5 Å². The summed E-state index contributed by atoms with van der Waals surface area (Å²) in [6, 6.07) is 5.96. The molecule has 0 saturated carbocycles. The Bertz CT molecular complexity index is 344. The Kier molecular flexibility index (Phi) is 2.96. The van der Waals surface area contributed by atoms with Gasteiger partial charge >= 0.3 is 0 Å². The lowest BCUT2D eigenvalue weighted by atomic mass is 10.1. The Morgan fingerprint density at radius 1 is 1.47 bits per heavy atom. The van der Waals surface area contributed by atoms with E-state index >= 15 is 0 Å². The molecule has 1 aliphatic carbocycles. The minimum atomic E-state index is -0.289. The largest absolute Gasteiger partial charge is 0.493 e. The lowest BCUT2D eigenvalue weighted by molar-refractivity contribution is 0.180. The van der Waals surface area contributed by atoms with E-state index in [9.17, 15) is 5.11 Å². The molecule has 0 aromatic heterocycles. The smallest absolute Gasteiger partial charge is 0.122 e. The fourth-order valence-corrected chi connectivity index (χ4v) is 1.99. The van der Waals surface area contributed by atoms with E-state index in [0.717, 1.165) is 30.8 Å². The summed E-state index contributed by atoms with van der Waals surface area (Å²) < 4.78 is 5.75. The van der Waals surface area contributed by atoms with E-state index in [4.69, 9.17) is 4.74 Å². The molecule has 0 bridgehead atoms. The van der Waals surface area contributed by atoms with Gasteiger partial charge in [-0.25, -0.2) is 0 Å². The third-order valence-electron chi connectivity index (χ3n) is 2.77. The molecule has 2 heteroatoms. The quantitative estimate of drug-likeness (QED) is 0.824. The Morgan fingerprint density at radius 2 is 2.27 bits per heavy atom. The molecule has 0 radical (unpaired) electrons. The van der Waals surface area contributed by atoms with Crippen LogP contribution in [0.4, 0.5) is 0 Å². The number of ether oxygens (including phenoxy) is 1. The minimum Gasteiger partial charge on any atom is -0.493 e. The third-order valence-corrected chi connectivity index (χ3v) is 2.77. The van der Waals surface area contributed by atoms with E-state index in [1.165, 1.54) is 5.56 Å². The molecular weight excluding hydrogens is 188 g/mol. The summed E-state index contributed by atoms with van der Waals surface area (Å²) in [5, 5.41) is 9.73. The normalized spacial score (nSPS) is 19.3. The van der Waals surface area contributed by atoms with E-state index in [1.54, 1.807) is 0 Å². The molecule has 0 fully saturated rings. The van der Waals surface area contributed by atoms with Gasteiger partial charge in [0.15, 0.2) is 0 Å².